The van der Waals surface area contributed by atoms with Crippen molar-refractivity contribution in [1.29, 1.82) is 0 Å². The van der Waals surface area contributed by atoms with Crippen molar-refractivity contribution in [2.45, 2.75) is 19.3 Å². The third-order valence-electron chi connectivity index (χ3n) is 4.72. The molecule has 1 aliphatic heterocycles. The van der Waals surface area contributed by atoms with Crippen LogP contribution in [-0.2, 0) is 17.9 Å². The van der Waals surface area contributed by atoms with Crippen molar-refractivity contribution in [3.8, 4) is 23.0 Å². The number of hydrogen-bond donors (Lipinski definition) is 0. The minimum absolute atomic E-state index is 0.163. The number of ether oxygens (including phenoxy) is 1. The van der Waals surface area contributed by atoms with Gasteiger partial charge in [-0.05, 0) is 29.8 Å². The molecule has 2 aromatic heterocycles. The van der Waals surface area contributed by atoms with E-state index in [-0.39, 0.29) is 35.8 Å². The zero-order valence-corrected chi connectivity index (χ0v) is 14.5. The Morgan fingerprint density at radius 3 is 2.68 bits per heavy atom. The van der Waals surface area contributed by atoms with Crippen molar-refractivity contribution >= 4 is 0 Å². The number of hydrogen-bond acceptors (Lipinski definition) is 5. The van der Waals surface area contributed by atoms with E-state index in [1.807, 2.05) is 4.57 Å². The lowest BCUT2D eigenvalue weighted by Crippen LogP contribution is -2.20. The minimum Gasteiger partial charge on any atom is -0.365 e. The molecule has 1 atom stereocenters. The molecule has 0 bridgehead atoms. The molecule has 1 aliphatic rings. The summed E-state index contributed by atoms with van der Waals surface area (Å²) < 4.78 is 40.3. The lowest BCUT2D eigenvalue weighted by molar-refractivity contribution is 0.00326. The highest BCUT2D eigenvalue weighted by Gasteiger charge is 2.27. The van der Waals surface area contributed by atoms with Crippen LogP contribution in [0, 0.1) is 11.6 Å². The number of halogens is 2. The monoisotopic (exact) mass is 380 g/mol. The number of aromatic nitrogens is 4. The normalized spacial score (nSPS) is 16.1. The molecule has 3 heterocycles. The summed E-state index contributed by atoms with van der Waals surface area (Å²) in [7, 11) is 0. The Labute approximate surface area is 158 Å². The van der Waals surface area contributed by atoms with Crippen LogP contribution in [0.5, 0.6) is 0 Å². The molecular weight excluding hydrogens is 366 g/mol. The molecule has 0 saturated heterocycles. The second kappa shape index (κ2) is 6.65. The van der Waals surface area contributed by atoms with E-state index in [2.05, 4.69) is 15.1 Å². The number of benzene rings is 2. The van der Waals surface area contributed by atoms with Gasteiger partial charge in [-0.1, -0.05) is 29.4 Å². The predicted octanol–water partition coefficient (Wildman–Crippen LogP) is 4.15. The number of nitrogens with zero attached hydrogens (tertiary/aromatic N) is 4. The fourth-order valence-corrected chi connectivity index (χ4v) is 3.26. The molecule has 0 unspecified atom stereocenters. The van der Waals surface area contributed by atoms with E-state index in [0.29, 0.717) is 12.2 Å². The number of imidazole rings is 1. The molecule has 6 nitrogen and oxygen atoms in total. The Hall–Kier alpha value is -3.39. The third kappa shape index (κ3) is 2.87. The van der Waals surface area contributed by atoms with Gasteiger partial charge in [0.1, 0.15) is 17.7 Å². The van der Waals surface area contributed by atoms with Gasteiger partial charge in [0.25, 0.3) is 5.89 Å². The Balaban J connectivity index is 1.43. The first kappa shape index (κ1) is 16.8. The van der Waals surface area contributed by atoms with Crippen LogP contribution in [0.3, 0.4) is 0 Å². The van der Waals surface area contributed by atoms with Gasteiger partial charge in [-0.25, -0.2) is 13.8 Å². The maximum Gasteiger partial charge on any atom is 0.278 e. The predicted molar refractivity (Wildman–Crippen MR) is 94.8 cm³/mol. The lowest BCUT2D eigenvalue weighted by atomic mass is 10.1. The molecule has 28 heavy (non-hydrogen) atoms. The maximum absolute atomic E-state index is 13.9. The van der Waals surface area contributed by atoms with E-state index < -0.39 is 5.82 Å². The molecule has 8 heteroatoms. The summed E-state index contributed by atoms with van der Waals surface area (Å²) in [5.41, 5.74) is 2.45. The van der Waals surface area contributed by atoms with Crippen LogP contribution >= 0.6 is 0 Å². The molecular formula is C20H14F2N4O2. The summed E-state index contributed by atoms with van der Waals surface area (Å²) >= 11 is 0. The molecule has 0 aliphatic carbocycles. The van der Waals surface area contributed by atoms with Gasteiger partial charge in [0, 0.05) is 0 Å². The molecule has 4 aromatic rings. The fourth-order valence-electron chi connectivity index (χ4n) is 3.26. The summed E-state index contributed by atoms with van der Waals surface area (Å²) in [4.78, 5) is 8.66. The molecule has 0 amide bonds. The summed E-state index contributed by atoms with van der Waals surface area (Å²) in [6, 6.07) is 12.5. The van der Waals surface area contributed by atoms with Crippen LogP contribution in [0.25, 0.3) is 23.0 Å². The lowest BCUT2D eigenvalue weighted by Gasteiger charge is -2.25. The highest BCUT2D eigenvalue weighted by molar-refractivity contribution is 5.59. The van der Waals surface area contributed by atoms with E-state index in [9.17, 15) is 8.78 Å². The van der Waals surface area contributed by atoms with Gasteiger partial charge in [-0.3, -0.25) is 0 Å². The molecule has 0 N–H and O–H groups in total. The van der Waals surface area contributed by atoms with Crippen LogP contribution in [0.1, 0.15) is 17.4 Å². The van der Waals surface area contributed by atoms with Gasteiger partial charge >= 0.3 is 0 Å². The van der Waals surface area contributed by atoms with Crippen LogP contribution in [-0.4, -0.2) is 19.7 Å². The largest absolute Gasteiger partial charge is 0.365 e. The van der Waals surface area contributed by atoms with Crippen molar-refractivity contribution in [3.05, 3.63) is 77.8 Å². The summed E-state index contributed by atoms with van der Waals surface area (Å²) in [6.07, 6.45) is 1.48. The quantitative estimate of drug-likeness (QED) is 0.534. The Morgan fingerprint density at radius 1 is 1.04 bits per heavy atom. The van der Waals surface area contributed by atoms with Crippen LogP contribution in [0.2, 0.25) is 0 Å². The number of fused-ring (bicyclic) bond motifs is 1. The van der Waals surface area contributed by atoms with Crippen LogP contribution in [0.4, 0.5) is 8.78 Å². The average Bonchev–Trinajstić information content (AvgIpc) is 3.35. The van der Waals surface area contributed by atoms with E-state index >= 15 is 0 Å². The van der Waals surface area contributed by atoms with Gasteiger partial charge in [0.2, 0.25) is 5.82 Å². The SMILES string of the molecule is Fc1ccc([C@H]2Cn3cnc(-c4nc(-c5ccccc5F)no4)c3CO2)cc1. The van der Waals surface area contributed by atoms with Crippen molar-refractivity contribution in [1.82, 2.24) is 19.7 Å². The van der Waals surface area contributed by atoms with Gasteiger partial charge in [0.05, 0.1) is 30.7 Å². The summed E-state index contributed by atoms with van der Waals surface area (Å²) in [6.45, 7) is 0.817. The first-order chi connectivity index (χ1) is 13.7. The van der Waals surface area contributed by atoms with Gasteiger partial charge < -0.3 is 13.8 Å². The average molecular weight is 380 g/mol. The number of rotatable bonds is 3. The molecule has 5 rings (SSSR count). The van der Waals surface area contributed by atoms with E-state index in [1.165, 1.54) is 18.2 Å². The minimum atomic E-state index is -0.424. The van der Waals surface area contributed by atoms with E-state index in [4.69, 9.17) is 9.26 Å². The third-order valence-corrected chi connectivity index (χ3v) is 4.72. The molecule has 2 aromatic carbocycles. The molecule has 0 saturated carbocycles. The fraction of sp³-hybridized carbons (Fsp3) is 0.150. The highest BCUT2D eigenvalue weighted by Crippen LogP contribution is 2.32. The van der Waals surface area contributed by atoms with Gasteiger partial charge in [0.15, 0.2) is 5.69 Å². The molecule has 0 radical (unpaired) electrons. The highest BCUT2D eigenvalue weighted by atomic mass is 19.1. The van der Waals surface area contributed by atoms with Crippen LogP contribution < -0.4 is 0 Å². The van der Waals surface area contributed by atoms with Crippen molar-refractivity contribution in [2.75, 3.05) is 0 Å². The second-order valence-corrected chi connectivity index (χ2v) is 6.45. The summed E-state index contributed by atoms with van der Waals surface area (Å²) in [5.74, 6) is -0.342. The zero-order valence-electron chi connectivity index (χ0n) is 14.5. The Kier molecular flexibility index (Phi) is 3.98. The Morgan fingerprint density at radius 2 is 1.86 bits per heavy atom. The second-order valence-electron chi connectivity index (χ2n) is 6.45. The first-order valence-corrected chi connectivity index (χ1v) is 8.69. The molecule has 0 spiro atoms. The Bertz CT molecular complexity index is 1140. The zero-order chi connectivity index (χ0) is 19.1. The van der Waals surface area contributed by atoms with E-state index in [0.717, 1.165) is 11.3 Å². The molecule has 0 fully saturated rings. The van der Waals surface area contributed by atoms with Gasteiger partial charge in [-0.15, -0.1) is 0 Å². The first-order valence-electron chi connectivity index (χ1n) is 8.69. The van der Waals surface area contributed by atoms with Crippen molar-refractivity contribution < 1.29 is 18.0 Å². The standard InChI is InChI=1S/C20H14F2N4O2/c21-13-7-5-12(6-8-13)17-9-26-11-23-18(16(26)10-27-17)20-24-19(25-28-20)14-3-1-2-4-15(14)22/h1-8,11,17H,9-10H2/t17-/m1/s1. The topological polar surface area (TPSA) is 66.0 Å². The molecule has 140 valence electrons. The summed E-state index contributed by atoms with van der Waals surface area (Å²) in [5, 5.41) is 3.87. The van der Waals surface area contributed by atoms with Crippen LogP contribution in [0.15, 0.2) is 59.4 Å². The smallest absolute Gasteiger partial charge is 0.278 e. The van der Waals surface area contributed by atoms with Gasteiger partial charge in [-0.2, -0.15) is 4.98 Å². The maximum atomic E-state index is 13.9. The van der Waals surface area contributed by atoms with E-state index in [1.54, 1.807) is 36.7 Å². The van der Waals surface area contributed by atoms with Crippen molar-refractivity contribution in [2.24, 2.45) is 0 Å². The van der Waals surface area contributed by atoms with Crippen molar-refractivity contribution in [3.63, 3.8) is 0 Å².